The number of halogens is 1. The molecule has 0 aromatic heterocycles. The van der Waals surface area contributed by atoms with E-state index in [1.807, 2.05) is 6.08 Å². The van der Waals surface area contributed by atoms with Crippen LogP contribution in [0.2, 0.25) is 0 Å². The first-order valence-corrected chi connectivity index (χ1v) is 2.75. The summed E-state index contributed by atoms with van der Waals surface area (Å²) in [6.45, 7) is 1.03. The van der Waals surface area contributed by atoms with Crippen LogP contribution in [0.3, 0.4) is 0 Å². The summed E-state index contributed by atoms with van der Waals surface area (Å²) in [5, 5.41) is 0. The third kappa shape index (κ3) is 1.49. The lowest BCUT2D eigenvalue weighted by Gasteiger charge is -2.08. The Labute approximate surface area is 50.2 Å². The second kappa shape index (κ2) is 2.33. The molecule has 2 nitrogen and oxygen atoms in total. The van der Waals surface area contributed by atoms with Crippen LogP contribution in [-0.2, 0) is 9.47 Å². The highest BCUT2D eigenvalue weighted by Crippen LogP contribution is 2.09. The van der Waals surface area contributed by atoms with Gasteiger partial charge in [0.05, 0.1) is 6.61 Å². The van der Waals surface area contributed by atoms with E-state index in [4.69, 9.17) is 9.47 Å². The Kier molecular flexibility index (Phi) is 1.70. The zero-order valence-corrected chi connectivity index (χ0v) is 5.27. The number of hydrogen-bond donors (Lipinski definition) is 0. The molecule has 0 N–H and O–H groups in total. The van der Waals surface area contributed by atoms with Gasteiger partial charge in [0.25, 0.3) is 0 Å². The van der Waals surface area contributed by atoms with E-state index in [0.29, 0.717) is 13.4 Å². The predicted octanol–water partition coefficient (Wildman–Crippen LogP) is 1.23. The standard InChI is InChI=1S/C4H5BrO2/c5-4-1-2-6-3-7-4/h1H,2-3H2. The molecule has 0 fully saturated rings. The van der Waals surface area contributed by atoms with E-state index in [0.717, 1.165) is 4.67 Å². The molecular formula is C4H5BrO2. The van der Waals surface area contributed by atoms with Crippen LogP contribution in [0.4, 0.5) is 0 Å². The average molecular weight is 165 g/mol. The molecule has 0 radical (unpaired) electrons. The maximum absolute atomic E-state index is 4.83. The topological polar surface area (TPSA) is 18.5 Å². The fourth-order valence-corrected chi connectivity index (χ4v) is 0.555. The first-order valence-electron chi connectivity index (χ1n) is 1.96. The summed E-state index contributed by atoms with van der Waals surface area (Å²) in [6, 6.07) is 0. The minimum atomic E-state index is 0.372. The summed E-state index contributed by atoms with van der Waals surface area (Å²) in [7, 11) is 0. The fourth-order valence-electron chi connectivity index (χ4n) is 0.329. The molecule has 40 valence electrons. The van der Waals surface area contributed by atoms with Crippen molar-refractivity contribution in [1.29, 1.82) is 0 Å². The molecule has 1 rings (SSSR count). The lowest BCUT2D eigenvalue weighted by Crippen LogP contribution is -2.03. The molecule has 7 heavy (non-hydrogen) atoms. The predicted molar refractivity (Wildman–Crippen MR) is 28.9 cm³/mol. The van der Waals surface area contributed by atoms with E-state index in [1.165, 1.54) is 0 Å². The average Bonchev–Trinajstić information content (AvgIpc) is 1.69. The molecule has 1 heterocycles. The summed E-state index contributed by atoms with van der Waals surface area (Å²) in [6.07, 6.45) is 1.82. The molecule has 0 unspecified atom stereocenters. The van der Waals surface area contributed by atoms with Crippen molar-refractivity contribution in [3.05, 3.63) is 10.7 Å². The maximum atomic E-state index is 4.83. The minimum absolute atomic E-state index is 0.372. The van der Waals surface area contributed by atoms with E-state index in [9.17, 15) is 0 Å². The molecule has 0 aliphatic carbocycles. The smallest absolute Gasteiger partial charge is 0.190 e. The van der Waals surface area contributed by atoms with Crippen LogP contribution in [0.5, 0.6) is 0 Å². The van der Waals surface area contributed by atoms with Gasteiger partial charge in [0.15, 0.2) is 11.5 Å². The highest BCUT2D eigenvalue weighted by molar-refractivity contribution is 9.11. The van der Waals surface area contributed by atoms with Gasteiger partial charge in [0.1, 0.15) is 0 Å². The Morgan fingerprint density at radius 2 is 2.57 bits per heavy atom. The summed E-state index contributed by atoms with van der Waals surface area (Å²) in [5.74, 6) is 0. The van der Waals surface area contributed by atoms with Gasteiger partial charge in [-0.1, -0.05) is 0 Å². The third-order valence-electron chi connectivity index (χ3n) is 0.642. The van der Waals surface area contributed by atoms with Crippen molar-refractivity contribution < 1.29 is 9.47 Å². The van der Waals surface area contributed by atoms with E-state index in [1.54, 1.807) is 0 Å². The molecule has 3 heteroatoms. The summed E-state index contributed by atoms with van der Waals surface area (Å²) >= 11 is 3.15. The summed E-state index contributed by atoms with van der Waals surface area (Å²) in [5.41, 5.74) is 0. The Morgan fingerprint density at radius 3 is 2.86 bits per heavy atom. The van der Waals surface area contributed by atoms with Gasteiger partial charge in [0.2, 0.25) is 0 Å². The number of rotatable bonds is 0. The number of hydrogen-bond acceptors (Lipinski definition) is 2. The Balaban J connectivity index is 2.40. The minimum Gasteiger partial charge on any atom is -0.461 e. The Hall–Kier alpha value is -0.0200. The van der Waals surface area contributed by atoms with Crippen molar-refractivity contribution >= 4 is 15.9 Å². The molecule has 1 aliphatic heterocycles. The highest BCUT2D eigenvalue weighted by atomic mass is 79.9. The molecular weight excluding hydrogens is 160 g/mol. The fraction of sp³-hybridized carbons (Fsp3) is 0.500. The van der Waals surface area contributed by atoms with Crippen LogP contribution in [0.15, 0.2) is 10.7 Å². The van der Waals surface area contributed by atoms with Gasteiger partial charge in [-0.25, -0.2) is 0 Å². The zero-order valence-electron chi connectivity index (χ0n) is 3.69. The lowest BCUT2D eigenvalue weighted by atomic mass is 10.6. The van der Waals surface area contributed by atoms with Crippen molar-refractivity contribution in [2.24, 2.45) is 0 Å². The van der Waals surface area contributed by atoms with Gasteiger partial charge in [-0.05, 0) is 22.0 Å². The van der Waals surface area contributed by atoms with Gasteiger partial charge in [-0.3, -0.25) is 0 Å². The molecule has 0 amide bonds. The largest absolute Gasteiger partial charge is 0.461 e. The van der Waals surface area contributed by atoms with Crippen molar-refractivity contribution in [2.45, 2.75) is 0 Å². The molecule has 0 aromatic carbocycles. The van der Waals surface area contributed by atoms with Gasteiger partial charge >= 0.3 is 0 Å². The molecule has 0 saturated heterocycles. The third-order valence-corrected chi connectivity index (χ3v) is 1.19. The molecule has 0 bridgehead atoms. The Morgan fingerprint density at radius 1 is 1.71 bits per heavy atom. The normalized spacial score (nSPS) is 20.4. The SMILES string of the molecule is BrC1=CCOCO1. The zero-order chi connectivity index (χ0) is 5.11. The number of ether oxygens (including phenoxy) is 2. The van der Waals surface area contributed by atoms with E-state index >= 15 is 0 Å². The van der Waals surface area contributed by atoms with Gasteiger partial charge < -0.3 is 9.47 Å². The molecule has 0 aromatic rings. The van der Waals surface area contributed by atoms with Crippen LogP contribution in [0.1, 0.15) is 0 Å². The quantitative estimate of drug-likeness (QED) is 0.537. The maximum Gasteiger partial charge on any atom is 0.190 e. The molecule has 0 atom stereocenters. The highest BCUT2D eigenvalue weighted by Gasteiger charge is 1.96. The van der Waals surface area contributed by atoms with Crippen molar-refractivity contribution in [3.8, 4) is 0 Å². The summed E-state index contributed by atoms with van der Waals surface area (Å²) in [4.78, 5) is 0. The van der Waals surface area contributed by atoms with Gasteiger partial charge in [-0.2, -0.15) is 0 Å². The summed E-state index contributed by atoms with van der Waals surface area (Å²) < 4.78 is 10.4. The van der Waals surface area contributed by atoms with Gasteiger partial charge in [-0.15, -0.1) is 0 Å². The molecule has 0 spiro atoms. The Bertz CT molecular complexity index is 89.7. The monoisotopic (exact) mass is 164 g/mol. The van der Waals surface area contributed by atoms with E-state index < -0.39 is 0 Å². The molecule has 0 saturated carbocycles. The second-order valence-electron chi connectivity index (χ2n) is 1.14. The van der Waals surface area contributed by atoms with Crippen LogP contribution in [0, 0.1) is 0 Å². The van der Waals surface area contributed by atoms with Crippen LogP contribution >= 0.6 is 15.9 Å². The van der Waals surface area contributed by atoms with Crippen molar-refractivity contribution in [3.63, 3.8) is 0 Å². The van der Waals surface area contributed by atoms with Crippen molar-refractivity contribution in [1.82, 2.24) is 0 Å². The van der Waals surface area contributed by atoms with Gasteiger partial charge in [0, 0.05) is 0 Å². The van der Waals surface area contributed by atoms with Crippen LogP contribution in [0.25, 0.3) is 0 Å². The van der Waals surface area contributed by atoms with E-state index in [2.05, 4.69) is 15.9 Å². The van der Waals surface area contributed by atoms with Crippen LogP contribution in [-0.4, -0.2) is 13.4 Å². The van der Waals surface area contributed by atoms with E-state index in [-0.39, 0.29) is 0 Å². The first-order chi connectivity index (χ1) is 3.39. The first kappa shape index (κ1) is 5.12. The lowest BCUT2D eigenvalue weighted by molar-refractivity contribution is -0.0184. The molecule has 1 aliphatic rings. The van der Waals surface area contributed by atoms with Crippen LogP contribution < -0.4 is 0 Å². The second-order valence-corrected chi connectivity index (χ2v) is 1.92. The van der Waals surface area contributed by atoms with Crippen molar-refractivity contribution in [2.75, 3.05) is 13.4 Å².